The third-order valence-corrected chi connectivity index (χ3v) is 5.58. The highest BCUT2D eigenvalue weighted by atomic mass is 16.6. The van der Waals surface area contributed by atoms with Gasteiger partial charge >= 0.3 is 11.9 Å². The number of ketones is 1. The molecule has 1 heterocycles. The molecule has 1 aliphatic heterocycles. The van der Waals surface area contributed by atoms with E-state index < -0.39 is 29.6 Å². The summed E-state index contributed by atoms with van der Waals surface area (Å²) in [5.41, 5.74) is 1.74. The second-order valence-corrected chi connectivity index (χ2v) is 8.31. The Morgan fingerprint density at radius 2 is 1.93 bits per heavy atom. The Hall–Kier alpha value is -2.95. The molecule has 1 aromatic rings. The highest BCUT2D eigenvalue weighted by molar-refractivity contribution is 6.00. The number of esters is 2. The molecule has 1 aliphatic carbocycles. The lowest BCUT2D eigenvalue weighted by molar-refractivity contribution is -0.140. The molecular weight excluding hydrogens is 380 g/mol. The van der Waals surface area contributed by atoms with Gasteiger partial charge in [0.1, 0.15) is 12.2 Å². The molecule has 0 radical (unpaired) electrons. The Bertz CT molecular complexity index is 905. The molecule has 0 N–H and O–H groups in total. The molecule has 5 heteroatoms. The molecule has 0 unspecified atom stereocenters. The van der Waals surface area contributed by atoms with Crippen molar-refractivity contribution in [1.82, 2.24) is 0 Å². The van der Waals surface area contributed by atoms with Gasteiger partial charge in [0, 0.05) is 6.42 Å². The first-order chi connectivity index (χ1) is 14.3. The van der Waals surface area contributed by atoms with Crippen LogP contribution in [0.4, 0.5) is 0 Å². The molecule has 0 bridgehead atoms. The van der Waals surface area contributed by atoms with Gasteiger partial charge in [-0.1, -0.05) is 35.4 Å². The van der Waals surface area contributed by atoms with E-state index in [0.717, 1.165) is 18.4 Å². The monoisotopic (exact) mass is 408 g/mol. The van der Waals surface area contributed by atoms with Crippen molar-refractivity contribution in [1.29, 1.82) is 0 Å². The Kier molecular flexibility index (Phi) is 6.70. The average molecular weight is 408 g/mol. The minimum Gasteiger partial charge on any atom is -0.457 e. The molecule has 1 spiro atoms. The largest absolute Gasteiger partial charge is 0.457 e. The smallest absolute Gasteiger partial charge is 0.338 e. The van der Waals surface area contributed by atoms with E-state index in [9.17, 15) is 14.4 Å². The highest BCUT2D eigenvalue weighted by Gasteiger charge is 2.55. The van der Waals surface area contributed by atoms with Crippen LogP contribution in [-0.2, 0) is 19.1 Å². The third kappa shape index (κ3) is 4.96. The van der Waals surface area contributed by atoms with Crippen molar-refractivity contribution in [3.63, 3.8) is 0 Å². The van der Waals surface area contributed by atoms with Crippen LogP contribution >= 0.6 is 0 Å². The van der Waals surface area contributed by atoms with Crippen molar-refractivity contribution in [2.45, 2.75) is 58.7 Å². The third-order valence-electron chi connectivity index (χ3n) is 5.58. The van der Waals surface area contributed by atoms with Crippen LogP contribution < -0.4 is 0 Å². The van der Waals surface area contributed by atoms with Gasteiger partial charge in [-0.3, -0.25) is 9.59 Å². The first kappa shape index (κ1) is 21.8. The first-order valence-corrected chi connectivity index (χ1v) is 10.3. The lowest BCUT2D eigenvalue weighted by Gasteiger charge is -2.34. The Morgan fingerprint density at radius 3 is 2.63 bits per heavy atom. The number of hydrogen-bond donors (Lipinski definition) is 0. The predicted octanol–water partition coefficient (Wildman–Crippen LogP) is 4.74. The molecule has 3 rings (SSSR count). The average Bonchev–Trinajstić information content (AvgIpc) is 3.00. The van der Waals surface area contributed by atoms with Gasteiger partial charge in [0.25, 0.3) is 0 Å². The molecule has 158 valence electrons. The van der Waals surface area contributed by atoms with E-state index in [1.165, 1.54) is 11.6 Å². The van der Waals surface area contributed by atoms with Gasteiger partial charge in [0.05, 0.1) is 17.4 Å². The first-order valence-electron chi connectivity index (χ1n) is 10.3. The Morgan fingerprint density at radius 1 is 1.20 bits per heavy atom. The predicted molar refractivity (Wildman–Crippen MR) is 114 cm³/mol. The zero-order valence-electron chi connectivity index (χ0n) is 17.7. The van der Waals surface area contributed by atoms with Crippen LogP contribution in [0, 0.1) is 5.41 Å². The lowest BCUT2D eigenvalue weighted by Crippen LogP contribution is -2.43. The van der Waals surface area contributed by atoms with E-state index in [0.29, 0.717) is 5.56 Å². The minimum absolute atomic E-state index is 0.00201. The maximum atomic E-state index is 12.9. The molecule has 1 saturated heterocycles. The summed E-state index contributed by atoms with van der Waals surface area (Å²) in [7, 11) is 0. The molecule has 30 heavy (non-hydrogen) atoms. The summed E-state index contributed by atoms with van der Waals surface area (Å²) in [6.07, 6.45) is 7.77. The van der Waals surface area contributed by atoms with Crippen molar-refractivity contribution in [2.24, 2.45) is 5.41 Å². The summed E-state index contributed by atoms with van der Waals surface area (Å²) < 4.78 is 11.2. The van der Waals surface area contributed by atoms with Gasteiger partial charge in [0.2, 0.25) is 0 Å². The molecule has 2 aliphatic rings. The number of hydrogen-bond acceptors (Lipinski definition) is 5. The fourth-order valence-electron chi connectivity index (χ4n) is 3.94. The van der Waals surface area contributed by atoms with Crippen LogP contribution in [-0.4, -0.2) is 29.9 Å². The lowest BCUT2D eigenvalue weighted by atomic mass is 9.69. The molecule has 0 amide bonds. The number of cyclic esters (lactones) is 1. The Labute approximate surface area is 177 Å². The van der Waals surface area contributed by atoms with E-state index in [4.69, 9.17) is 9.47 Å². The summed E-state index contributed by atoms with van der Waals surface area (Å²) in [5.74, 6) is -1.01. The van der Waals surface area contributed by atoms with Gasteiger partial charge in [-0.15, -0.1) is 0 Å². The number of carbonyl (C=O) groups excluding carboxylic acids is 3. The number of ether oxygens (including phenoxy) is 2. The number of rotatable bonds is 6. The molecule has 0 saturated carbocycles. The molecular formula is C25H28O5. The number of allylic oxidation sites excluding steroid dienone is 4. The van der Waals surface area contributed by atoms with Crippen molar-refractivity contribution < 1.29 is 23.9 Å². The van der Waals surface area contributed by atoms with E-state index in [1.807, 2.05) is 19.1 Å². The SMILES string of the molecule is CC(C)=CCC/C(C)=C/[C@H]1OC(=O)C[C@]12C[C@H](OC(=O)c1ccccc1)C=CC2=O. The normalized spacial score (nSPS) is 25.9. The second-order valence-electron chi connectivity index (χ2n) is 8.31. The summed E-state index contributed by atoms with van der Waals surface area (Å²) in [6, 6.07) is 8.71. The molecule has 0 aromatic heterocycles. The fourth-order valence-corrected chi connectivity index (χ4v) is 3.94. The van der Waals surface area contributed by atoms with Gasteiger partial charge < -0.3 is 9.47 Å². The maximum Gasteiger partial charge on any atom is 0.338 e. The summed E-state index contributed by atoms with van der Waals surface area (Å²) in [4.78, 5) is 37.5. The molecule has 3 atom stereocenters. The summed E-state index contributed by atoms with van der Waals surface area (Å²) in [6.45, 7) is 6.09. The van der Waals surface area contributed by atoms with Gasteiger partial charge in [-0.05, 0) is 64.0 Å². The van der Waals surface area contributed by atoms with E-state index in [2.05, 4.69) is 19.9 Å². The fraction of sp³-hybridized carbons (Fsp3) is 0.400. The van der Waals surface area contributed by atoms with Crippen molar-refractivity contribution >= 4 is 17.7 Å². The quantitative estimate of drug-likeness (QED) is 0.502. The van der Waals surface area contributed by atoms with Crippen molar-refractivity contribution in [2.75, 3.05) is 0 Å². The van der Waals surface area contributed by atoms with Gasteiger partial charge in [-0.25, -0.2) is 4.79 Å². The van der Waals surface area contributed by atoms with Crippen molar-refractivity contribution in [3.8, 4) is 0 Å². The minimum atomic E-state index is -1.02. The number of benzene rings is 1. The van der Waals surface area contributed by atoms with E-state index >= 15 is 0 Å². The molecule has 1 fully saturated rings. The van der Waals surface area contributed by atoms with E-state index in [1.54, 1.807) is 30.3 Å². The molecule has 5 nitrogen and oxygen atoms in total. The molecule has 1 aromatic carbocycles. The van der Waals surface area contributed by atoms with Gasteiger partial charge in [-0.2, -0.15) is 0 Å². The Balaban J connectivity index is 1.77. The van der Waals surface area contributed by atoms with Crippen LogP contribution in [0.1, 0.15) is 56.8 Å². The number of carbonyl (C=O) groups is 3. The van der Waals surface area contributed by atoms with Crippen LogP contribution in [0.25, 0.3) is 0 Å². The van der Waals surface area contributed by atoms with Gasteiger partial charge in [0.15, 0.2) is 5.78 Å². The van der Waals surface area contributed by atoms with E-state index in [-0.39, 0.29) is 18.6 Å². The summed E-state index contributed by atoms with van der Waals surface area (Å²) in [5, 5.41) is 0. The second kappa shape index (κ2) is 9.24. The standard InChI is InChI=1S/C25H28O5/c1-17(2)8-7-9-18(3)14-22-25(16-23(27)30-22)15-20(12-13-21(25)26)29-24(28)19-10-5-4-6-11-19/h4-6,8,10-14,20,22H,7,9,15-16H2,1-3H3/b18-14+/t20-,22-,25+/m1/s1. The maximum absolute atomic E-state index is 12.9. The topological polar surface area (TPSA) is 69.7 Å². The van der Waals surface area contributed by atoms with Crippen LogP contribution in [0.5, 0.6) is 0 Å². The van der Waals surface area contributed by atoms with Crippen LogP contribution in [0.15, 0.2) is 65.8 Å². The zero-order valence-corrected chi connectivity index (χ0v) is 17.7. The highest BCUT2D eigenvalue weighted by Crippen LogP contribution is 2.45. The van der Waals surface area contributed by atoms with Crippen LogP contribution in [0.2, 0.25) is 0 Å². The van der Waals surface area contributed by atoms with Crippen LogP contribution in [0.3, 0.4) is 0 Å². The summed E-state index contributed by atoms with van der Waals surface area (Å²) >= 11 is 0. The van der Waals surface area contributed by atoms with Crippen molar-refractivity contribution in [3.05, 3.63) is 71.3 Å². The zero-order chi connectivity index (χ0) is 21.7.